The summed E-state index contributed by atoms with van der Waals surface area (Å²) in [7, 11) is 0. The molecule has 0 unspecified atom stereocenters. The lowest BCUT2D eigenvalue weighted by molar-refractivity contribution is -0.142. The molecule has 0 bridgehead atoms. The second kappa shape index (κ2) is 27.1. The Balaban J connectivity index is 1.63. The first-order chi connectivity index (χ1) is 32.9. The van der Waals surface area contributed by atoms with Crippen LogP contribution in [0, 0.1) is 5.41 Å². The van der Waals surface area contributed by atoms with Gasteiger partial charge in [-0.2, -0.15) is 0 Å². The van der Waals surface area contributed by atoms with E-state index in [4.69, 9.17) is 22.6 Å². The summed E-state index contributed by atoms with van der Waals surface area (Å²) in [4.78, 5) is 117. The number of guanidine groups is 1. The van der Waals surface area contributed by atoms with E-state index >= 15 is 0 Å². The number of carboxylic acid groups (broad SMARTS) is 2. The molecule has 2 heterocycles. The van der Waals surface area contributed by atoms with E-state index in [-0.39, 0.29) is 51.0 Å². The van der Waals surface area contributed by atoms with Crippen molar-refractivity contribution in [1.82, 2.24) is 52.2 Å². The number of unbranched alkanes of at least 4 members (excludes halogenated alkanes) is 1. The summed E-state index contributed by atoms with van der Waals surface area (Å²) in [6.07, 6.45) is 4.52. The SMILES string of the molecule is C[C@H](NC(=O)[C@H](Cc1c[nH]c2ccccc12)NC(=O)[C@H](CCCNC(=N)N)NC(=O)[C@@H](Cc1ccccc1)NC(=O)[C@H](Cc1c[nH]cn1)NC(=O)[C@@H](N)CC(=O)O)C(=O)N[C@@H](CCCCN)C(=O)O. The lowest BCUT2D eigenvalue weighted by Crippen LogP contribution is -2.60. The number of aromatic nitrogens is 3. The van der Waals surface area contributed by atoms with Crippen LogP contribution in [0.25, 0.3) is 10.9 Å². The molecular weight excluding hydrogens is 897 g/mol. The monoisotopic (exact) mass is 958 g/mol. The highest BCUT2D eigenvalue weighted by Gasteiger charge is 2.34. The number of carbonyl (C=O) groups excluding carboxylic acids is 6. The molecule has 4 aromatic rings. The molecule has 24 heteroatoms. The number of nitrogens with zero attached hydrogens (tertiary/aromatic N) is 1. The zero-order chi connectivity index (χ0) is 50.5. The molecule has 0 aliphatic rings. The Morgan fingerprint density at radius 1 is 0.681 bits per heavy atom. The molecule has 69 heavy (non-hydrogen) atoms. The van der Waals surface area contributed by atoms with Crippen molar-refractivity contribution < 1.29 is 48.6 Å². The molecular formula is C45H62N14O10. The van der Waals surface area contributed by atoms with Crippen LogP contribution in [0.3, 0.4) is 0 Å². The van der Waals surface area contributed by atoms with Crippen molar-refractivity contribution in [2.75, 3.05) is 13.1 Å². The van der Waals surface area contributed by atoms with Crippen molar-refractivity contribution in [2.24, 2.45) is 17.2 Å². The number of fused-ring (bicyclic) bond motifs is 1. The molecule has 6 amide bonds. The van der Waals surface area contributed by atoms with Gasteiger partial charge in [0.25, 0.3) is 0 Å². The van der Waals surface area contributed by atoms with Crippen LogP contribution in [-0.4, -0.2) is 134 Å². The first-order valence-electron chi connectivity index (χ1n) is 22.3. The van der Waals surface area contributed by atoms with E-state index in [9.17, 15) is 48.6 Å². The molecule has 0 radical (unpaired) electrons. The first-order valence-corrected chi connectivity index (χ1v) is 22.3. The van der Waals surface area contributed by atoms with Crippen LogP contribution in [-0.2, 0) is 57.6 Å². The van der Waals surface area contributed by atoms with Crippen LogP contribution in [0.4, 0.5) is 0 Å². The molecule has 0 saturated carbocycles. The van der Waals surface area contributed by atoms with Gasteiger partial charge in [0.1, 0.15) is 36.3 Å². The molecule has 24 nitrogen and oxygen atoms in total. The summed E-state index contributed by atoms with van der Waals surface area (Å²) >= 11 is 0. The summed E-state index contributed by atoms with van der Waals surface area (Å²) in [6.45, 7) is 1.80. The number of carboxylic acids is 2. The van der Waals surface area contributed by atoms with Gasteiger partial charge in [0.15, 0.2) is 5.96 Å². The molecule has 0 spiro atoms. The van der Waals surface area contributed by atoms with E-state index in [1.54, 1.807) is 42.6 Å². The number of H-pyrrole nitrogens is 2. The summed E-state index contributed by atoms with van der Waals surface area (Å²) in [5.41, 5.74) is 19.1. The van der Waals surface area contributed by atoms with Crippen LogP contribution in [0.2, 0.25) is 0 Å². The van der Waals surface area contributed by atoms with E-state index < -0.39 is 96.1 Å². The fourth-order valence-corrected chi connectivity index (χ4v) is 7.21. The number of hydrogen-bond acceptors (Lipinski definition) is 12. The van der Waals surface area contributed by atoms with E-state index in [0.29, 0.717) is 36.2 Å². The third-order valence-corrected chi connectivity index (χ3v) is 10.9. The molecule has 18 N–H and O–H groups in total. The summed E-state index contributed by atoms with van der Waals surface area (Å²) in [6, 6.07) is 6.23. The van der Waals surface area contributed by atoms with Crippen LogP contribution >= 0.6 is 0 Å². The van der Waals surface area contributed by atoms with E-state index in [2.05, 4.69) is 52.2 Å². The maximum Gasteiger partial charge on any atom is 0.326 e. The number of nitrogens with two attached hydrogens (primary N) is 3. The summed E-state index contributed by atoms with van der Waals surface area (Å²) in [5.74, 6) is -8.04. The second-order valence-electron chi connectivity index (χ2n) is 16.4. The molecule has 2 aromatic heterocycles. The predicted molar refractivity (Wildman–Crippen MR) is 252 cm³/mol. The molecule has 2 aromatic carbocycles. The zero-order valence-corrected chi connectivity index (χ0v) is 38.1. The lowest BCUT2D eigenvalue weighted by Gasteiger charge is -2.27. The number of carbonyl (C=O) groups is 8. The average molecular weight is 959 g/mol. The fourth-order valence-electron chi connectivity index (χ4n) is 7.21. The largest absolute Gasteiger partial charge is 0.481 e. The van der Waals surface area contributed by atoms with Gasteiger partial charge < -0.3 is 74.6 Å². The number of para-hydroxylation sites is 1. The zero-order valence-electron chi connectivity index (χ0n) is 38.1. The van der Waals surface area contributed by atoms with Gasteiger partial charge in [-0.25, -0.2) is 9.78 Å². The molecule has 0 aliphatic heterocycles. The van der Waals surface area contributed by atoms with Crippen LogP contribution in [0.1, 0.15) is 62.3 Å². The smallest absolute Gasteiger partial charge is 0.326 e. The van der Waals surface area contributed by atoms with E-state index in [1.165, 1.54) is 19.4 Å². The number of rotatable bonds is 29. The van der Waals surface area contributed by atoms with Gasteiger partial charge in [-0.15, -0.1) is 0 Å². The number of nitrogens with one attached hydrogen (secondary N) is 10. The normalized spacial score (nSPS) is 14.1. The first kappa shape index (κ1) is 53.8. The number of hydrogen-bond donors (Lipinski definition) is 15. The Morgan fingerprint density at radius 2 is 1.26 bits per heavy atom. The van der Waals surface area contributed by atoms with Crippen LogP contribution in [0.15, 0.2) is 73.3 Å². The van der Waals surface area contributed by atoms with Crippen molar-refractivity contribution in [3.05, 3.63) is 90.1 Å². The predicted octanol–water partition coefficient (Wildman–Crippen LogP) is -1.87. The highest BCUT2D eigenvalue weighted by molar-refractivity contribution is 5.98. The lowest BCUT2D eigenvalue weighted by atomic mass is 10.0. The second-order valence-corrected chi connectivity index (χ2v) is 16.4. The van der Waals surface area contributed by atoms with Crippen LogP contribution in [0.5, 0.6) is 0 Å². The summed E-state index contributed by atoms with van der Waals surface area (Å²) in [5, 5.41) is 45.5. The molecule has 0 aliphatic carbocycles. The highest BCUT2D eigenvalue weighted by atomic mass is 16.4. The third-order valence-electron chi connectivity index (χ3n) is 10.9. The van der Waals surface area contributed by atoms with E-state index in [0.717, 1.165) is 10.9 Å². The Hall–Kier alpha value is -7.86. The third kappa shape index (κ3) is 17.7. The minimum atomic E-state index is -1.51. The van der Waals surface area contributed by atoms with Gasteiger partial charge in [0.05, 0.1) is 24.5 Å². The van der Waals surface area contributed by atoms with Gasteiger partial charge in [0.2, 0.25) is 35.4 Å². The summed E-state index contributed by atoms with van der Waals surface area (Å²) < 4.78 is 0. The number of imidazole rings is 1. The standard InChI is InChI=1S/C45H62N14O10/c1-25(38(62)56-33(44(68)69)14-7-8-16-46)54-41(65)35(19-27-22-52-31-13-6-5-12-29(27)31)59-40(64)32(15-9-17-51-45(48)49)55-42(66)34(18-26-10-3-2-4-11-26)58-43(67)36(20-28-23-50-24-53-28)57-39(63)30(47)21-37(60)61/h2-6,10-13,22-25,30,32-36,52H,7-9,14-21,46-47H2,1H3,(H,50,53)(H,54,65)(H,55,66)(H,56,62)(H,57,63)(H,58,67)(H,59,64)(H,60,61)(H,68,69)(H4,48,49,51)/t25-,30-,32-,33-,34+,35-,36-/m0/s1. The average Bonchev–Trinajstić information content (AvgIpc) is 3.98. The maximum atomic E-state index is 14.5. The van der Waals surface area contributed by atoms with Crippen molar-refractivity contribution >= 4 is 64.2 Å². The van der Waals surface area contributed by atoms with E-state index in [1.807, 2.05) is 18.2 Å². The Morgan fingerprint density at radius 3 is 1.90 bits per heavy atom. The molecule has 0 fully saturated rings. The van der Waals surface area contributed by atoms with Gasteiger partial charge >= 0.3 is 11.9 Å². The molecule has 7 atom stereocenters. The Bertz CT molecular complexity index is 2380. The Labute approximate surface area is 397 Å². The fraction of sp³-hybridized carbons (Fsp3) is 0.422. The number of benzene rings is 2. The maximum absolute atomic E-state index is 14.5. The molecule has 372 valence electrons. The minimum Gasteiger partial charge on any atom is -0.481 e. The van der Waals surface area contributed by atoms with Crippen molar-refractivity contribution in [3.63, 3.8) is 0 Å². The topological polar surface area (TPSA) is 408 Å². The quantitative estimate of drug-likeness (QED) is 0.0161. The van der Waals surface area contributed by atoms with Crippen molar-refractivity contribution in [3.8, 4) is 0 Å². The van der Waals surface area contributed by atoms with Crippen LogP contribution < -0.4 is 54.4 Å². The number of aliphatic carboxylic acids is 2. The number of aromatic amines is 2. The van der Waals surface area contributed by atoms with Crippen molar-refractivity contribution in [2.45, 2.75) is 107 Å². The Kier molecular flexibility index (Phi) is 21.1. The highest BCUT2D eigenvalue weighted by Crippen LogP contribution is 2.20. The molecule has 0 saturated heterocycles. The number of amides is 6. The molecule has 4 rings (SSSR count). The van der Waals surface area contributed by atoms with Crippen molar-refractivity contribution in [1.29, 1.82) is 5.41 Å². The van der Waals surface area contributed by atoms with Gasteiger partial charge in [-0.05, 0) is 62.8 Å². The van der Waals surface area contributed by atoms with Gasteiger partial charge in [0, 0.05) is 49.1 Å². The minimum absolute atomic E-state index is 0.0792. The van der Waals surface area contributed by atoms with Gasteiger partial charge in [-0.1, -0.05) is 48.5 Å². The van der Waals surface area contributed by atoms with Gasteiger partial charge in [-0.3, -0.25) is 39.0 Å².